The lowest BCUT2D eigenvalue weighted by Crippen LogP contribution is -2.65. The molecule has 5 rings (SSSR count). The van der Waals surface area contributed by atoms with Gasteiger partial charge < -0.3 is 29.9 Å². The highest BCUT2D eigenvalue weighted by molar-refractivity contribution is 5.71. The standard InChI is InChI=1S/C19H21N2O7/c1-20-7-6-19-11-3-5-14(27-15(23)9-26-21(24)25)18(19)28-17-13(22)4-2-10(16(17)19)8-12(11)20/h2-5,11-12,14,18,22,24H,6-9H2,1H3/q-1/t11?,12-,14+,18+,19+/m1/s1. The molecule has 9 nitrogen and oxygen atoms in total. The zero-order valence-electron chi connectivity index (χ0n) is 15.3. The number of carbonyl (C=O) groups excluding carboxylic acids is 1. The third kappa shape index (κ3) is 2.34. The molecule has 1 fully saturated rings. The molecule has 1 unspecified atom stereocenters. The van der Waals surface area contributed by atoms with Crippen LogP contribution in [0.15, 0.2) is 24.3 Å². The lowest BCUT2D eigenvalue weighted by Gasteiger charge is -2.56. The molecule has 0 saturated carbocycles. The minimum atomic E-state index is -0.788. The van der Waals surface area contributed by atoms with E-state index in [4.69, 9.17) is 14.7 Å². The van der Waals surface area contributed by atoms with Gasteiger partial charge in [-0.25, -0.2) is 4.79 Å². The first-order chi connectivity index (χ1) is 13.4. The molecule has 2 aliphatic carbocycles. The highest BCUT2D eigenvalue weighted by Crippen LogP contribution is 2.62. The molecule has 2 heterocycles. The fourth-order valence-corrected chi connectivity index (χ4v) is 5.61. The number of benzene rings is 1. The fourth-order valence-electron chi connectivity index (χ4n) is 5.61. The fraction of sp³-hybridized carbons (Fsp3) is 0.526. The second-order valence-corrected chi connectivity index (χ2v) is 7.91. The summed E-state index contributed by atoms with van der Waals surface area (Å²) < 4.78 is 11.7. The van der Waals surface area contributed by atoms with Crippen LogP contribution < -0.4 is 4.74 Å². The summed E-state index contributed by atoms with van der Waals surface area (Å²) in [5.74, 6) is -0.0248. The summed E-state index contributed by atoms with van der Waals surface area (Å²) in [4.78, 5) is 18.6. The highest BCUT2D eigenvalue weighted by Gasteiger charge is 2.65. The molecule has 2 bridgehead atoms. The first-order valence-electron chi connectivity index (χ1n) is 9.31. The van der Waals surface area contributed by atoms with Gasteiger partial charge in [0.05, 0.1) is 0 Å². The smallest absolute Gasteiger partial charge is 0.335 e. The Bertz CT molecular complexity index is 857. The molecule has 28 heavy (non-hydrogen) atoms. The molecule has 1 saturated heterocycles. The van der Waals surface area contributed by atoms with E-state index in [-0.39, 0.29) is 17.1 Å². The molecular formula is C19H21N2O7-. The van der Waals surface area contributed by atoms with E-state index in [9.17, 15) is 15.1 Å². The summed E-state index contributed by atoms with van der Waals surface area (Å²) in [6.45, 7) is 0.172. The van der Waals surface area contributed by atoms with Gasteiger partial charge in [-0.1, -0.05) is 12.1 Å². The molecule has 0 radical (unpaired) electrons. The van der Waals surface area contributed by atoms with Gasteiger partial charge in [0.15, 0.2) is 24.2 Å². The summed E-state index contributed by atoms with van der Waals surface area (Å²) in [5.41, 5.74) is 1.82. The first-order valence-corrected chi connectivity index (χ1v) is 9.31. The lowest BCUT2D eigenvalue weighted by molar-refractivity contribution is -0.304. The highest BCUT2D eigenvalue weighted by atomic mass is 17.1. The first kappa shape index (κ1) is 17.9. The zero-order valence-corrected chi connectivity index (χ0v) is 15.3. The topological polar surface area (TPSA) is 115 Å². The summed E-state index contributed by atoms with van der Waals surface area (Å²) in [7, 11) is 2.12. The van der Waals surface area contributed by atoms with Crippen molar-refractivity contribution in [1.29, 1.82) is 0 Å². The Kier molecular flexibility index (Phi) is 3.94. The van der Waals surface area contributed by atoms with Crippen LogP contribution in [-0.4, -0.2) is 65.0 Å². The maximum Gasteiger partial charge on any atom is 0.335 e. The van der Waals surface area contributed by atoms with Crippen LogP contribution in [0.1, 0.15) is 17.5 Å². The Labute approximate surface area is 161 Å². The van der Waals surface area contributed by atoms with E-state index in [1.807, 2.05) is 12.1 Å². The number of likely N-dealkylation sites (tertiary alicyclic amines) is 1. The number of ether oxygens (including phenoxy) is 2. The molecule has 1 spiro atoms. The summed E-state index contributed by atoms with van der Waals surface area (Å²) in [6, 6.07) is 3.92. The van der Waals surface area contributed by atoms with Gasteiger partial charge in [-0.05, 0) is 44.1 Å². The number of nitrogens with zero attached hydrogens (tertiary/aromatic N) is 2. The van der Waals surface area contributed by atoms with Crippen molar-refractivity contribution in [2.24, 2.45) is 5.92 Å². The van der Waals surface area contributed by atoms with Crippen LogP contribution in [0.5, 0.6) is 11.5 Å². The Morgan fingerprint density at radius 2 is 2.29 bits per heavy atom. The van der Waals surface area contributed by atoms with Gasteiger partial charge in [-0.2, -0.15) is 0 Å². The summed E-state index contributed by atoms with van der Waals surface area (Å²) in [5, 5.41) is 28.6. The van der Waals surface area contributed by atoms with Crippen molar-refractivity contribution < 1.29 is 29.4 Å². The molecule has 0 aromatic heterocycles. The van der Waals surface area contributed by atoms with Gasteiger partial charge in [0.25, 0.3) is 0 Å². The number of hydrogen-bond acceptors (Lipinski definition) is 9. The lowest BCUT2D eigenvalue weighted by atomic mass is 9.53. The quantitative estimate of drug-likeness (QED) is 0.440. The third-order valence-electron chi connectivity index (χ3n) is 6.69. The van der Waals surface area contributed by atoms with Crippen LogP contribution in [0, 0.1) is 11.1 Å². The van der Waals surface area contributed by atoms with E-state index in [0.29, 0.717) is 11.8 Å². The van der Waals surface area contributed by atoms with Crippen LogP contribution in [0.25, 0.3) is 0 Å². The molecule has 2 aliphatic heterocycles. The predicted octanol–water partition coefficient (Wildman–Crippen LogP) is 0.870. The number of piperidine rings is 1. The number of esters is 1. The average molecular weight is 389 g/mol. The molecule has 1 aromatic rings. The number of phenols is 1. The van der Waals surface area contributed by atoms with Crippen molar-refractivity contribution in [3.8, 4) is 11.5 Å². The van der Waals surface area contributed by atoms with Crippen LogP contribution >= 0.6 is 0 Å². The minimum absolute atomic E-state index is 0.0920. The van der Waals surface area contributed by atoms with Crippen molar-refractivity contribution in [2.45, 2.75) is 36.5 Å². The third-order valence-corrected chi connectivity index (χ3v) is 6.69. The molecule has 9 heteroatoms. The second-order valence-electron chi connectivity index (χ2n) is 7.91. The maximum atomic E-state index is 12.1. The molecule has 1 aromatic carbocycles. The number of aromatic hydroxyl groups is 1. The SMILES string of the molecule is CN1CC[C@]23c4c5ccc(O)c4O[C@H]2[C@@H](OC(=O)CON([O-])O)C=CC3[C@H]1C5. The van der Waals surface area contributed by atoms with Gasteiger partial charge >= 0.3 is 5.97 Å². The normalized spacial score (nSPS) is 34.9. The monoisotopic (exact) mass is 389 g/mol. The van der Waals surface area contributed by atoms with Gasteiger partial charge in [0, 0.05) is 22.9 Å². The van der Waals surface area contributed by atoms with E-state index >= 15 is 0 Å². The Hall–Kier alpha value is -2.17. The van der Waals surface area contributed by atoms with Gasteiger partial charge in [-0.15, -0.1) is 5.39 Å². The maximum absolute atomic E-state index is 12.1. The van der Waals surface area contributed by atoms with Crippen LogP contribution in [0.4, 0.5) is 0 Å². The zero-order chi connectivity index (χ0) is 19.6. The van der Waals surface area contributed by atoms with Gasteiger partial charge in [0.1, 0.15) is 6.10 Å². The van der Waals surface area contributed by atoms with E-state index < -0.39 is 30.2 Å². The molecule has 150 valence electrons. The van der Waals surface area contributed by atoms with Crippen molar-refractivity contribution in [3.63, 3.8) is 0 Å². The van der Waals surface area contributed by atoms with Gasteiger partial charge in [-0.3, -0.25) is 4.84 Å². The second kappa shape index (κ2) is 6.16. The van der Waals surface area contributed by atoms with E-state index in [1.54, 1.807) is 6.07 Å². The molecule has 2 N–H and O–H groups in total. The Balaban J connectivity index is 1.54. The average Bonchev–Trinajstić information content (AvgIpc) is 3.01. The largest absolute Gasteiger partial charge is 0.738 e. The Morgan fingerprint density at radius 1 is 1.46 bits per heavy atom. The predicted molar refractivity (Wildman–Crippen MR) is 94.4 cm³/mol. The van der Waals surface area contributed by atoms with Crippen LogP contribution in [0.2, 0.25) is 0 Å². The molecule has 0 amide bonds. The summed E-state index contributed by atoms with van der Waals surface area (Å²) in [6.07, 6.45) is 4.45. The number of likely N-dealkylation sites (N-methyl/N-ethyl adjacent to an activating group) is 1. The molecular weight excluding hydrogens is 368 g/mol. The van der Waals surface area contributed by atoms with Gasteiger partial charge in [0.2, 0.25) is 0 Å². The van der Waals surface area contributed by atoms with E-state index in [0.717, 1.165) is 30.5 Å². The number of rotatable bonds is 4. The minimum Gasteiger partial charge on any atom is -0.738 e. The van der Waals surface area contributed by atoms with Crippen LogP contribution in [-0.2, 0) is 26.2 Å². The van der Waals surface area contributed by atoms with Crippen LogP contribution in [0.3, 0.4) is 0 Å². The van der Waals surface area contributed by atoms with E-state index in [2.05, 4.69) is 22.9 Å². The number of carbonyl (C=O) groups is 1. The summed E-state index contributed by atoms with van der Waals surface area (Å²) >= 11 is 0. The van der Waals surface area contributed by atoms with Crippen molar-refractivity contribution in [3.05, 3.63) is 40.6 Å². The van der Waals surface area contributed by atoms with E-state index in [1.165, 1.54) is 0 Å². The van der Waals surface area contributed by atoms with Crippen molar-refractivity contribution in [1.82, 2.24) is 10.3 Å². The van der Waals surface area contributed by atoms with Crippen molar-refractivity contribution >= 4 is 5.97 Å². The molecule has 5 atom stereocenters. The van der Waals surface area contributed by atoms with Crippen molar-refractivity contribution in [2.75, 3.05) is 20.2 Å². The molecule has 4 aliphatic rings. The number of hydrogen-bond donors (Lipinski definition) is 2. The number of phenolic OH excluding ortho intramolecular Hbond substituents is 1. The Morgan fingerprint density at radius 3 is 3.07 bits per heavy atom.